The summed E-state index contributed by atoms with van der Waals surface area (Å²) in [5.41, 5.74) is 5.69. The summed E-state index contributed by atoms with van der Waals surface area (Å²) in [7, 11) is -4.99. The second-order valence-electron chi connectivity index (χ2n) is 4.59. The molecule has 0 unspecified atom stereocenters. The highest BCUT2D eigenvalue weighted by Gasteiger charge is 2.60. The molecular formula is C11H18N2O6S2. The first-order valence-corrected chi connectivity index (χ1v) is 8.74. The number of aliphatic carboxylic acids is 1. The van der Waals surface area contributed by atoms with Crippen molar-refractivity contribution in [2.45, 2.75) is 23.8 Å². The lowest BCUT2D eigenvalue weighted by molar-refractivity contribution is -0.151. The fourth-order valence-electron chi connectivity index (χ4n) is 2.23. The van der Waals surface area contributed by atoms with Crippen LogP contribution in [0.3, 0.4) is 0 Å². The summed E-state index contributed by atoms with van der Waals surface area (Å²) in [5, 5.41) is 9.22. The number of thioether (sulfide) groups is 1. The van der Waals surface area contributed by atoms with Crippen LogP contribution in [0.2, 0.25) is 0 Å². The monoisotopic (exact) mass is 338 g/mol. The molecule has 10 heteroatoms. The van der Waals surface area contributed by atoms with Crippen molar-refractivity contribution in [1.29, 1.82) is 0 Å². The lowest BCUT2D eigenvalue weighted by atomic mass is 10.2. The summed E-state index contributed by atoms with van der Waals surface area (Å²) in [6.45, 7) is 3.43. The molecule has 1 amide bonds. The van der Waals surface area contributed by atoms with Crippen molar-refractivity contribution in [3.05, 3.63) is 12.7 Å². The molecule has 0 spiro atoms. The molecule has 1 fully saturated rings. The van der Waals surface area contributed by atoms with Gasteiger partial charge in [-0.2, -0.15) is 20.2 Å². The Bertz CT molecular complexity index is 535. The maximum Gasteiger partial charge on any atom is 0.348 e. The van der Waals surface area contributed by atoms with Crippen LogP contribution < -0.4 is 5.73 Å². The predicted molar refractivity (Wildman–Crippen MR) is 78.4 cm³/mol. The largest absolute Gasteiger partial charge is 0.479 e. The third-order valence-electron chi connectivity index (χ3n) is 3.21. The van der Waals surface area contributed by atoms with Gasteiger partial charge in [-0.3, -0.25) is 9.35 Å². The van der Waals surface area contributed by atoms with Crippen molar-refractivity contribution in [3.63, 3.8) is 0 Å². The van der Waals surface area contributed by atoms with Gasteiger partial charge in [0.25, 0.3) is 4.87 Å². The van der Waals surface area contributed by atoms with E-state index in [0.717, 1.165) is 0 Å². The molecule has 0 saturated carbocycles. The maximum atomic E-state index is 12.2. The van der Waals surface area contributed by atoms with Gasteiger partial charge in [0.1, 0.15) is 0 Å². The molecular weight excluding hydrogens is 320 g/mol. The molecule has 0 aromatic heterocycles. The van der Waals surface area contributed by atoms with Gasteiger partial charge in [0.2, 0.25) is 5.91 Å². The van der Waals surface area contributed by atoms with Crippen LogP contribution in [0.25, 0.3) is 0 Å². The average Bonchev–Trinajstić information content (AvgIpc) is 2.83. The minimum atomic E-state index is -4.99. The van der Waals surface area contributed by atoms with Crippen molar-refractivity contribution < 1.29 is 27.7 Å². The van der Waals surface area contributed by atoms with E-state index in [4.69, 9.17) is 5.73 Å². The normalized spacial score (nSPS) is 23.8. The Morgan fingerprint density at radius 1 is 1.52 bits per heavy atom. The molecule has 0 aromatic carbocycles. The molecule has 1 rings (SSSR count). The van der Waals surface area contributed by atoms with Crippen LogP contribution in [-0.4, -0.2) is 63.8 Å². The van der Waals surface area contributed by atoms with Crippen molar-refractivity contribution in [2.24, 2.45) is 5.73 Å². The molecule has 0 aliphatic carbocycles. The van der Waals surface area contributed by atoms with Gasteiger partial charge in [-0.15, -0.1) is 6.58 Å². The Balaban J connectivity index is 3.02. The second kappa shape index (κ2) is 6.77. The molecule has 0 radical (unpaired) electrons. The number of hydrogen-bond acceptors (Lipinski definition) is 6. The smallest absolute Gasteiger partial charge is 0.348 e. The number of carboxylic acids is 1. The van der Waals surface area contributed by atoms with E-state index in [1.165, 1.54) is 11.8 Å². The van der Waals surface area contributed by atoms with Crippen LogP contribution in [0.1, 0.15) is 12.8 Å². The van der Waals surface area contributed by atoms with Crippen molar-refractivity contribution in [1.82, 2.24) is 4.90 Å². The minimum Gasteiger partial charge on any atom is -0.479 e. The average molecular weight is 338 g/mol. The maximum absolute atomic E-state index is 12.2. The lowest BCUT2D eigenvalue weighted by Crippen LogP contribution is -2.61. The second-order valence-corrected chi connectivity index (χ2v) is 7.29. The molecule has 1 aliphatic heterocycles. The zero-order chi connectivity index (χ0) is 16.3. The van der Waals surface area contributed by atoms with E-state index in [0.29, 0.717) is 10.7 Å². The van der Waals surface area contributed by atoms with Gasteiger partial charge in [0.15, 0.2) is 0 Å². The van der Waals surface area contributed by atoms with Crippen LogP contribution in [0, 0.1) is 0 Å². The Kier molecular flexibility index (Phi) is 5.79. The predicted octanol–water partition coefficient (Wildman–Crippen LogP) is -0.476. The van der Waals surface area contributed by atoms with Gasteiger partial charge >= 0.3 is 16.1 Å². The Morgan fingerprint density at radius 3 is 2.62 bits per heavy atom. The van der Waals surface area contributed by atoms with Crippen LogP contribution in [-0.2, 0) is 19.7 Å². The van der Waals surface area contributed by atoms with Crippen LogP contribution in [0.4, 0.5) is 0 Å². The number of carbonyl (C=O) groups excluding carboxylic acids is 1. The summed E-state index contributed by atoms with van der Waals surface area (Å²) >= 11 is 1.31. The Hall–Kier alpha value is -1.10. The van der Waals surface area contributed by atoms with Gasteiger partial charge in [-0.05, 0) is 6.42 Å². The van der Waals surface area contributed by atoms with Gasteiger partial charge in [-0.25, -0.2) is 4.79 Å². The van der Waals surface area contributed by atoms with Crippen molar-refractivity contribution >= 4 is 33.8 Å². The number of nitrogens with zero attached hydrogens (tertiary/aromatic N) is 1. The topological polar surface area (TPSA) is 138 Å². The molecule has 0 bridgehead atoms. The van der Waals surface area contributed by atoms with Crippen molar-refractivity contribution in [2.75, 3.05) is 18.1 Å². The highest BCUT2D eigenvalue weighted by molar-refractivity contribution is 7.99. The van der Waals surface area contributed by atoms with Gasteiger partial charge in [0.05, 0.1) is 6.04 Å². The summed E-state index contributed by atoms with van der Waals surface area (Å²) in [5.74, 6) is -1.82. The minimum absolute atomic E-state index is 0.0786. The molecule has 1 saturated heterocycles. The Labute approximate surface area is 127 Å². The fraction of sp³-hybridized carbons (Fsp3) is 0.636. The van der Waals surface area contributed by atoms with E-state index in [2.05, 4.69) is 6.58 Å². The Morgan fingerprint density at radius 2 is 2.14 bits per heavy atom. The summed E-state index contributed by atoms with van der Waals surface area (Å²) in [6, 6.07) is -1.05. The number of carbonyl (C=O) groups is 2. The van der Waals surface area contributed by atoms with E-state index in [1.807, 2.05) is 0 Å². The quantitative estimate of drug-likeness (QED) is 0.321. The zero-order valence-electron chi connectivity index (χ0n) is 11.3. The summed E-state index contributed by atoms with van der Waals surface area (Å²) in [6.07, 6.45) is 1.42. The highest BCUT2D eigenvalue weighted by atomic mass is 32.2. The van der Waals surface area contributed by atoms with E-state index in [1.54, 1.807) is 6.08 Å². The number of carboxylic acid groups (broad SMARTS) is 1. The lowest BCUT2D eigenvalue weighted by Gasteiger charge is -2.33. The number of rotatable bonds is 7. The molecule has 8 nitrogen and oxygen atoms in total. The first-order valence-electron chi connectivity index (χ1n) is 6.14. The molecule has 21 heavy (non-hydrogen) atoms. The third-order valence-corrected chi connectivity index (χ3v) is 5.73. The molecule has 0 aromatic rings. The zero-order valence-corrected chi connectivity index (χ0v) is 12.9. The summed E-state index contributed by atoms with van der Waals surface area (Å²) < 4.78 is 32.3. The third kappa shape index (κ3) is 3.39. The van der Waals surface area contributed by atoms with Gasteiger partial charge in [-0.1, -0.05) is 6.08 Å². The molecule has 1 heterocycles. The van der Waals surface area contributed by atoms with Crippen molar-refractivity contribution in [3.8, 4) is 0 Å². The summed E-state index contributed by atoms with van der Waals surface area (Å²) in [4.78, 5) is 21.6. The molecule has 2 atom stereocenters. The number of hydrogen-bond donors (Lipinski definition) is 3. The molecule has 1 aliphatic rings. The van der Waals surface area contributed by atoms with Crippen LogP contribution in [0.15, 0.2) is 12.7 Å². The van der Waals surface area contributed by atoms with Gasteiger partial charge in [0, 0.05) is 24.5 Å². The van der Waals surface area contributed by atoms with Crippen LogP contribution >= 0.6 is 11.8 Å². The first-order chi connectivity index (χ1) is 9.68. The number of likely N-dealkylation sites (tertiary alicyclic amines) is 1. The van der Waals surface area contributed by atoms with E-state index >= 15 is 0 Å². The number of amides is 1. The van der Waals surface area contributed by atoms with Crippen LogP contribution in [0.5, 0.6) is 0 Å². The molecule has 4 N–H and O–H groups in total. The van der Waals surface area contributed by atoms with E-state index < -0.39 is 32.9 Å². The fourth-order valence-corrected chi connectivity index (χ4v) is 4.01. The molecule has 120 valence electrons. The standard InChI is InChI=1S/C11H18N2O6S2/c1-2-6-20-7-8(12)9(14)13-5-3-4-11(13,10(15)16)21(17,18)19/h2,8H,1,3-7,12H2,(H,15,16)(H,17,18,19)/t8-,11+/m0/s1. The van der Waals surface area contributed by atoms with E-state index in [9.17, 15) is 27.7 Å². The van der Waals surface area contributed by atoms with Gasteiger partial charge < -0.3 is 15.7 Å². The number of nitrogens with two attached hydrogens (primary N) is 1. The van der Waals surface area contributed by atoms with E-state index in [-0.39, 0.29) is 25.1 Å². The SMILES string of the molecule is C=CCSC[C@H](N)C(=O)N1CCC[C@]1(C(=O)O)S(=O)(=O)O. The highest BCUT2D eigenvalue weighted by Crippen LogP contribution is 2.35. The first kappa shape index (κ1) is 18.0.